The number of hydrogen-bond acceptors (Lipinski definition) is 5. The first-order chi connectivity index (χ1) is 12.8. The standard InChI is InChI=1S/C20H29N3O2S/c24-11-5-10-23-13-21-19-18(20(23)25)16-9-8-15(12-17(16)26-19)22-14-6-3-1-2-4-7-14/h13-15,22,24H,1-12H2. The van der Waals surface area contributed by atoms with Gasteiger partial charge in [0.25, 0.3) is 5.56 Å². The van der Waals surface area contributed by atoms with Gasteiger partial charge in [-0.25, -0.2) is 4.98 Å². The van der Waals surface area contributed by atoms with E-state index in [0.29, 0.717) is 25.0 Å². The predicted molar refractivity (Wildman–Crippen MR) is 106 cm³/mol. The van der Waals surface area contributed by atoms with Crippen molar-refractivity contribution in [3.8, 4) is 0 Å². The van der Waals surface area contributed by atoms with E-state index in [1.54, 1.807) is 22.2 Å². The second kappa shape index (κ2) is 8.19. The first-order valence-corrected chi connectivity index (χ1v) is 10.9. The molecule has 4 rings (SSSR count). The van der Waals surface area contributed by atoms with Gasteiger partial charge in [0.15, 0.2) is 0 Å². The van der Waals surface area contributed by atoms with E-state index in [2.05, 4.69) is 10.3 Å². The molecule has 1 atom stereocenters. The lowest BCUT2D eigenvalue weighted by Crippen LogP contribution is -2.41. The summed E-state index contributed by atoms with van der Waals surface area (Å²) in [6.45, 7) is 0.634. The lowest BCUT2D eigenvalue weighted by molar-refractivity contribution is 0.279. The molecule has 0 bridgehead atoms. The highest BCUT2D eigenvalue weighted by molar-refractivity contribution is 7.18. The molecule has 2 heterocycles. The normalized spacial score (nSPS) is 21.7. The summed E-state index contributed by atoms with van der Waals surface area (Å²) >= 11 is 1.70. The molecule has 2 aromatic heterocycles. The fourth-order valence-electron chi connectivity index (χ4n) is 4.52. The maximum atomic E-state index is 12.8. The van der Waals surface area contributed by atoms with Gasteiger partial charge >= 0.3 is 0 Å². The Balaban J connectivity index is 1.53. The van der Waals surface area contributed by atoms with Gasteiger partial charge in [0.1, 0.15) is 4.83 Å². The zero-order chi connectivity index (χ0) is 17.9. The van der Waals surface area contributed by atoms with Gasteiger partial charge in [0.05, 0.1) is 11.7 Å². The third-order valence-corrected chi connectivity index (χ3v) is 7.08. The van der Waals surface area contributed by atoms with E-state index in [4.69, 9.17) is 5.11 Å². The quantitative estimate of drug-likeness (QED) is 0.789. The molecule has 0 saturated heterocycles. The minimum absolute atomic E-state index is 0.0659. The summed E-state index contributed by atoms with van der Waals surface area (Å²) in [4.78, 5) is 19.6. The third kappa shape index (κ3) is 3.73. The van der Waals surface area contributed by atoms with Crippen LogP contribution in [0.15, 0.2) is 11.1 Å². The van der Waals surface area contributed by atoms with E-state index in [1.807, 2.05) is 0 Å². The van der Waals surface area contributed by atoms with Crippen molar-refractivity contribution in [3.05, 3.63) is 27.1 Å². The lowest BCUT2D eigenvalue weighted by atomic mass is 9.92. The summed E-state index contributed by atoms with van der Waals surface area (Å²) in [6.07, 6.45) is 13.5. The Morgan fingerprint density at radius 3 is 2.77 bits per heavy atom. The molecule has 2 aliphatic carbocycles. The summed E-state index contributed by atoms with van der Waals surface area (Å²) < 4.78 is 1.65. The number of aryl methyl sites for hydroxylation is 2. The molecule has 0 spiro atoms. The Bertz CT molecular complexity index is 805. The maximum Gasteiger partial charge on any atom is 0.262 e. The monoisotopic (exact) mass is 375 g/mol. The lowest BCUT2D eigenvalue weighted by Gasteiger charge is -2.28. The van der Waals surface area contributed by atoms with Crippen LogP contribution in [-0.4, -0.2) is 33.3 Å². The first kappa shape index (κ1) is 18.1. The van der Waals surface area contributed by atoms with Crippen LogP contribution in [-0.2, 0) is 19.4 Å². The molecule has 0 radical (unpaired) electrons. The average molecular weight is 376 g/mol. The summed E-state index contributed by atoms with van der Waals surface area (Å²) in [5.74, 6) is 0. The van der Waals surface area contributed by atoms with Crippen molar-refractivity contribution in [3.63, 3.8) is 0 Å². The van der Waals surface area contributed by atoms with Crippen LogP contribution >= 0.6 is 11.3 Å². The fraction of sp³-hybridized carbons (Fsp3) is 0.700. The largest absolute Gasteiger partial charge is 0.396 e. The molecule has 0 amide bonds. The van der Waals surface area contributed by atoms with Crippen LogP contribution in [0.3, 0.4) is 0 Å². The summed E-state index contributed by atoms with van der Waals surface area (Å²) in [6, 6.07) is 1.21. The number of aliphatic hydroxyl groups excluding tert-OH is 1. The van der Waals surface area contributed by atoms with E-state index in [1.165, 1.54) is 49.0 Å². The number of nitrogens with zero attached hydrogens (tertiary/aromatic N) is 2. The molecule has 2 aliphatic rings. The van der Waals surface area contributed by atoms with Crippen molar-refractivity contribution < 1.29 is 5.11 Å². The van der Waals surface area contributed by atoms with Gasteiger partial charge in [-0.2, -0.15) is 0 Å². The Morgan fingerprint density at radius 1 is 1.19 bits per heavy atom. The number of aromatic nitrogens is 2. The summed E-state index contributed by atoms with van der Waals surface area (Å²) in [5, 5.41) is 13.8. The van der Waals surface area contributed by atoms with Crippen molar-refractivity contribution in [2.45, 2.75) is 82.8 Å². The average Bonchev–Trinajstić information content (AvgIpc) is 2.82. The van der Waals surface area contributed by atoms with E-state index in [-0.39, 0.29) is 12.2 Å². The van der Waals surface area contributed by atoms with E-state index in [0.717, 1.165) is 29.5 Å². The predicted octanol–water partition coefficient (Wildman–Crippen LogP) is 3.01. The molecule has 1 fully saturated rings. The molecule has 0 aromatic carbocycles. The van der Waals surface area contributed by atoms with Gasteiger partial charge in [0, 0.05) is 30.1 Å². The number of fused-ring (bicyclic) bond motifs is 3. The minimum Gasteiger partial charge on any atom is -0.396 e. The van der Waals surface area contributed by atoms with E-state index < -0.39 is 0 Å². The number of rotatable bonds is 5. The van der Waals surface area contributed by atoms with Crippen LogP contribution in [0.1, 0.15) is 61.8 Å². The van der Waals surface area contributed by atoms with Crippen molar-refractivity contribution in [1.29, 1.82) is 0 Å². The number of nitrogens with one attached hydrogen (secondary N) is 1. The van der Waals surface area contributed by atoms with E-state index in [9.17, 15) is 4.79 Å². The molecule has 142 valence electrons. The molecule has 1 unspecified atom stereocenters. The second-order valence-corrected chi connectivity index (χ2v) is 8.88. The Labute approximate surface area is 158 Å². The van der Waals surface area contributed by atoms with Crippen LogP contribution in [0, 0.1) is 0 Å². The van der Waals surface area contributed by atoms with Gasteiger partial charge in [-0.05, 0) is 44.1 Å². The van der Waals surface area contributed by atoms with Crippen molar-refractivity contribution in [2.75, 3.05) is 6.61 Å². The summed E-state index contributed by atoms with van der Waals surface area (Å²) in [5.41, 5.74) is 1.30. The highest BCUT2D eigenvalue weighted by Gasteiger charge is 2.26. The van der Waals surface area contributed by atoms with Gasteiger partial charge in [0.2, 0.25) is 0 Å². The molecule has 2 N–H and O–H groups in total. The topological polar surface area (TPSA) is 67.2 Å². The Morgan fingerprint density at radius 2 is 2.00 bits per heavy atom. The van der Waals surface area contributed by atoms with Crippen LogP contribution in [0.2, 0.25) is 0 Å². The number of hydrogen-bond donors (Lipinski definition) is 2. The third-order valence-electron chi connectivity index (χ3n) is 5.92. The molecular formula is C20H29N3O2S. The molecule has 1 saturated carbocycles. The zero-order valence-electron chi connectivity index (χ0n) is 15.4. The van der Waals surface area contributed by atoms with Crippen molar-refractivity contribution in [2.24, 2.45) is 0 Å². The molecule has 2 aromatic rings. The zero-order valence-corrected chi connectivity index (χ0v) is 16.2. The van der Waals surface area contributed by atoms with Gasteiger partial charge in [-0.15, -0.1) is 11.3 Å². The minimum atomic E-state index is 0.0659. The van der Waals surface area contributed by atoms with E-state index >= 15 is 0 Å². The number of thiophene rings is 1. The van der Waals surface area contributed by atoms with Crippen LogP contribution in [0.5, 0.6) is 0 Å². The van der Waals surface area contributed by atoms with Crippen LogP contribution < -0.4 is 10.9 Å². The fourth-order valence-corrected chi connectivity index (χ4v) is 5.78. The molecule has 0 aliphatic heterocycles. The molecule has 6 heteroatoms. The van der Waals surface area contributed by atoms with Gasteiger partial charge in [-0.3, -0.25) is 9.36 Å². The molecular weight excluding hydrogens is 346 g/mol. The van der Waals surface area contributed by atoms with Crippen molar-refractivity contribution in [1.82, 2.24) is 14.9 Å². The van der Waals surface area contributed by atoms with Gasteiger partial charge in [-0.1, -0.05) is 25.7 Å². The molecule has 5 nitrogen and oxygen atoms in total. The van der Waals surface area contributed by atoms with Crippen LogP contribution in [0.25, 0.3) is 10.2 Å². The van der Waals surface area contributed by atoms with Crippen LogP contribution in [0.4, 0.5) is 0 Å². The van der Waals surface area contributed by atoms with Gasteiger partial charge < -0.3 is 10.4 Å². The SMILES string of the molecule is O=c1c2c3c(sc2ncn1CCCO)CC(NC1CCCCCC1)CC3. The highest BCUT2D eigenvalue weighted by Crippen LogP contribution is 2.34. The Hall–Kier alpha value is -1.24. The molecule has 26 heavy (non-hydrogen) atoms. The smallest absolute Gasteiger partial charge is 0.262 e. The highest BCUT2D eigenvalue weighted by atomic mass is 32.1. The second-order valence-electron chi connectivity index (χ2n) is 7.80. The Kier molecular flexibility index (Phi) is 5.72. The number of aliphatic hydroxyl groups is 1. The first-order valence-electron chi connectivity index (χ1n) is 10.1. The summed E-state index contributed by atoms with van der Waals surface area (Å²) in [7, 11) is 0. The van der Waals surface area contributed by atoms with Crippen molar-refractivity contribution >= 4 is 21.6 Å². The maximum absolute atomic E-state index is 12.8.